The van der Waals surface area contributed by atoms with Crippen molar-refractivity contribution in [1.29, 1.82) is 0 Å². The second-order valence-corrected chi connectivity index (χ2v) is 10.4. The van der Waals surface area contributed by atoms with Crippen LogP contribution in [0, 0.1) is 5.92 Å². The maximum Gasteiger partial charge on any atom is 0.135 e. The van der Waals surface area contributed by atoms with E-state index >= 15 is 0 Å². The molecule has 2 heteroatoms. The summed E-state index contributed by atoms with van der Waals surface area (Å²) in [5.74, 6) is 1.15. The Morgan fingerprint density at radius 2 is 1.53 bits per heavy atom. The molecule has 0 radical (unpaired) electrons. The van der Waals surface area contributed by atoms with E-state index in [0.717, 1.165) is 28.8 Å². The third-order valence-corrected chi connectivity index (χ3v) is 8.17. The van der Waals surface area contributed by atoms with Gasteiger partial charge in [0.15, 0.2) is 0 Å². The Kier molecular flexibility index (Phi) is 5.39. The molecule has 1 unspecified atom stereocenters. The summed E-state index contributed by atoms with van der Waals surface area (Å²) in [6.45, 7) is 0. The molecule has 0 amide bonds. The van der Waals surface area contributed by atoms with E-state index in [0.29, 0.717) is 11.8 Å². The van der Waals surface area contributed by atoms with Crippen LogP contribution < -0.4 is 15.5 Å². The molecule has 4 aromatic rings. The summed E-state index contributed by atoms with van der Waals surface area (Å²) in [5.41, 5.74) is 8.33. The van der Waals surface area contributed by atoms with Gasteiger partial charge in [-0.1, -0.05) is 73.9 Å². The quantitative estimate of drug-likeness (QED) is 0.301. The van der Waals surface area contributed by atoms with E-state index in [9.17, 15) is 0 Å². The third-order valence-electron chi connectivity index (χ3n) is 8.17. The number of fused-ring (bicyclic) bond motifs is 4. The Hall–Kier alpha value is -3.78. The Bertz CT molecular complexity index is 1580. The Morgan fingerprint density at radius 3 is 2.36 bits per heavy atom. The van der Waals surface area contributed by atoms with Gasteiger partial charge in [0.25, 0.3) is 0 Å². The lowest BCUT2D eigenvalue weighted by atomic mass is 9.84. The van der Waals surface area contributed by atoms with Crippen LogP contribution in [0.4, 0.5) is 17.1 Å². The fourth-order valence-electron chi connectivity index (χ4n) is 6.33. The van der Waals surface area contributed by atoms with Gasteiger partial charge in [-0.15, -0.1) is 0 Å². The molecular formula is C34H31NO. The van der Waals surface area contributed by atoms with Gasteiger partial charge < -0.3 is 9.32 Å². The first-order valence-electron chi connectivity index (χ1n) is 13.4. The van der Waals surface area contributed by atoms with Crippen LogP contribution in [0.3, 0.4) is 0 Å². The Balaban J connectivity index is 1.36. The van der Waals surface area contributed by atoms with Crippen LogP contribution in [0.2, 0.25) is 0 Å². The molecule has 3 aliphatic carbocycles. The first-order chi connectivity index (χ1) is 17.8. The molecule has 178 valence electrons. The van der Waals surface area contributed by atoms with Crippen LogP contribution in [0.5, 0.6) is 0 Å². The highest BCUT2D eigenvalue weighted by Gasteiger charge is 2.21. The standard InChI is InChI=1S/C34H31NO/c1-3-9-24(10-4-1)25-15-18-28(19-16-25)35(27-12-5-2-6-13-27)29-20-22-32-31(23-29)34-30-14-8-7-11-26(30)17-21-33(34)36-32/h2,5-8,11-16,18-24,26H,1,3-4,9-10,17H2. The molecule has 3 aromatic carbocycles. The lowest BCUT2D eigenvalue weighted by Crippen LogP contribution is -2.29. The van der Waals surface area contributed by atoms with Crippen LogP contribution in [0.15, 0.2) is 102 Å². The van der Waals surface area contributed by atoms with E-state index in [-0.39, 0.29) is 0 Å². The van der Waals surface area contributed by atoms with Crippen LogP contribution in [-0.2, 0) is 0 Å². The fourth-order valence-corrected chi connectivity index (χ4v) is 6.33. The van der Waals surface area contributed by atoms with Gasteiger partial charge in [0.05, 0.1) is 0 Å². The summed E-state index contributed by atoms with van der Waals surface area (Å²) in [6.07, 6.45) is 18.9. The molecule has 2 nitrogen and oxygen atoms in total. The lowest BCUT2D eigenvalue weighted by Gasteiger charge is -2.27. The van der Waals surface area contributed by atoms with Crippen molar-refractivity contribution in [2.75, 3.05) is 4.90 Å². The van der Waals surface area contributed by atoms with Gasteiger partial charge in [-0.2, -0.15) is 0 Å². The Morgan fingerprint density at radius 1 is 0.750 bits per heavy atom. The molecule has 7 rings (SSSR count). The molecule has 0 spiro atoms. The first kappa shape index (κ1) is 21.5. The molecule has 0 saturated heterocycles. The predicted octanol–water partition coefficient (Wildman–Crippen LogP) is 8.03. The number of anilines is 3. The van der Waals surface area contributed by atoms with Crippen molar-refractivity contribution in [2.45, 2.75) is 44.4 Å². The molecule has 36 heavy (non-hydrogen) atoms. The minimum absolute atomic E-state index is 0.435. The summed E-state index contributed by atoms with van der Waals surface area (Å²) in [7, 11) is 0. The van der Waals surface area contributed by atoms with E-state index in [4.69, 9.17) is 4.42 Å². The minimum atomic E-state index is 0.435. The molecule has 0 N–H and O–H groups in total. The van der Waals surface area contributed by atoms with Crippen molar-refractivity contribution >= 4 is 39.7 Å². The van der Waals surface area contributed by atoms with Crippen molar-refractivity contribution in [3.05, 3.63) is 113 Å². The molecule has 0 aliphatic heterocycles. The maximum atomic E-state index is 6.32. The predicted molar refractivity (Wildman–Crippen MR) is 150 cm³/mol. The largest absolute Gasteiger partial charge is 0.456 e. The molecule has 1 aromatic heterocycles. The van der Waals surface area contributed by atoms with Gasteiger partial charge in [-0.05, 0) is 84.9 Å². The zero-order chi connectivity index (χ0) is 23.9. The number of furan rings is 1. The number of hydrogen-bond donors (Lipinski definition) is 0. The molecular weight excluding hydrogens is 438 g/mol. The van der Waals surface area contributed by atoms with Gasteiger partial charge in [0.1, 0.15) is 11.0 Å². The average molecular weight is 470 g/mol. The van der Waals surface area contributed by atoms with E-state index in [1.54, 1.807) is 0 Å². The van der Waals surface area contributed by atoms with Crippen LogP contribution in [0.25, 0.3) is 22.6 Å². The van der Waals surface area contributed by atoms with Crippen molar-refractivity contribution in [3.8, 4) is 0 Å². The summed E-state index contributed by atoms with van der Waals surface area (Å²) in [4.78, 5) is 2.37. The topological polar surface area (TPSA) is 16.4 Å². The Labute approximate surface area is 212 Å². The van der Waals surface area contributed by atoms with Gasteiger partial charge in [0.2, 0.25) is 0 Å². The minimum Gasteiger partial charge on any atom is -0.456 e. The van der Waals surface area contributed by atoms with E-state index < -0.39 is 0 Å². The zero-order valence-corrected chi connectivity index (χ0v) is 20.6. The van der Waals surface area contributed by atoms with E-state index in [2.05, 4.69) is 108 Å². The SMILES string of the molecule is C1=CC2=c3c(oc4ccc(N(c5ccccc5)c5ccc(C6CCCCC6)cc5)cc34)=CCC2C=C1. The van der Waals surface area contributed by atoms with Crippen molar-refractivity contribution in [1.82, 2.24) is 0 Å². The van der Waals surface area contributed by atoms with Gasteiger partial charge >= 0.3 is 0 Å². The number of allylic oxidation sites excluding steroid dienone is 4. The summed E-state index contributed by atoms with van der Waals surface area (Å²) >= 11 is 0. The molecule has 1 saturated carbocycles. The fraction of sp³-hybridized carbons (Fsp3) is 0.235. The second-order valence-electron chi connectivity index (χ2n) is 10.4. The number of benzene rings is 3. The van der Waals surface area contributed by atoms with Crippen molar-refractivity contribution in [3.63, 3.8) is 0 Å². The highest BCUT2D eigenvalue weighted by atomic mass is 16.3. The number of nitrogens with zero attached hydrogens (tertiary/aromatic N) is 1. The smallest absolute Gasteiger partial charge is 0.135 e. The second kappa shape index (κ2) is 9.02. The first-order valence-corrected chi connectivity index (χ1v) is 13.4. The van der Waals surface area contributed by atoms with E-state index in [1.807, 2.05) is 0 Å². The third kappa shape index (κ3) is 3.73. The monoisotopic (exact) mass is 469 g/mol. The maximum absolute atomic E-state index is 6.32. The summed E-state index contributed by atoms with van der Waals surface area (Å²) in [5, 5.41) is 2.45. The van der Waals surface area contributed by atoms with Crippen molar-refractivity contribution in [2.24, 2.45) is 5.92 Å². The lowest BCUT2D eigenvalue weighted by molar-refractivity contribution is 0.443. The number of para-hydroxylation sites is 1. The molecule has 1 fully saturated rings. The van der Waals surface area contributed by atoms with Crippen LogP contribution >= 0.6 is 0 Å². The van der Waals surface area contributed by atoms with Crippen LogP contribution in [0.1, 0.15) is 50.0 Å². The van der Waals surface area contributed by atoms with Crippen molar-refractivity contribution < 1.29 is 4.42 Å². The van der Waals surface area contributed by atoms with Gasteiger partial charge in [-0.3, -0.25) is 0 Å². The number of rotatable bonds is 4. The average Bonchev–Trinajstić information content (AvgIpc) is 3.33. The zero-order valence-electron chi connectivity index (χ0n) is 20.6. The number of hydrogen-bond acceptors (Lipinski definition) is 2. The van der Waals surface area contributed by atoms with E-state index in [1.165, 1.54) is 59.5 Å². The highest BCUT2D eigenvalue weighted by Crippen LogP contribution is 2.38. The molecule has 1 atom stereocenters. The van der Waals surface area contributed by atoms with Crippen LogP contribution in [-0.4, -0.2) is 0 Å². The summed E-state index contributed by atoms with van der Waals surface area (Å²) < 4.78 is 6.32. The van der Waals surface area contributed by atoms with Gasteiger partial charge in [-0.25, -0.2) is 0 Å². The highest BCUT2D eigenvalue weighted by molar-refractivity contribution is 5.89. The molecule has 1 heterocycles. The normalized spacial score (nSPS) is 19.1. The van der Waals surface area contributed by atoms with Gasteiger partial charge in [0, 0.05) is 33.6 Å². The molecule has 0 bridgehead atoms. The summed E-state index contributed by atoms with van der Waals surface area (Å²) in [6, 6.07) is 26.7. The molecule has 3 aliphatic rings.